The van der Waals surface area contributed by atoms with Crippen molar-refractivity contribution in [1.29, 1.82) is 0 Å². The fraction of sp³-hybridized carbons (Fsp3) is 0.318. The molecule has 0 aliphatic rings. The van der Waals surface area contributed by atoms with Crippen LogP contribution in [0.3, 0.4) is 0 Å². The molecule has 1 aromatic heterocycles. The van der Waals surface area contributed by atoms with Crippen molar-refractivity contribution < 1.29 is 9.53 Å². The SMILES string of the molecule is CCn1c(COc2ccc(Cl)cc2)c(CC(=O)NCCCN)c2ccccc21. The fourth-order valence-electron chi connectivity index (χ4n) is 3.39. The van der Waals surface area contributed by atoms with Crippen LogP contribution in [0.4, 0.5) is 0 Å². The third kappa shape index (κ3) is 4.66. The minimum absolute atomic E-state index is 0.000184. The van der Waals surface area contributed by atoms with Gasteiger partial charge in [-0.25, -0.2) is 0 Å². The summed E-state index contributed by atoms with van der Waals surface area (Å²) in [5.41, 5.74) is 8.66. The summed E-state index contributed by atoms with van der Waals surface area (Å²) < 4.78 is 8.23. The zero-order valence-corrected chi connectivity index (χ0v) is 16.8. The number of aromatic nitrogens is 1. The first kappa shape index (κ1) is 20.2. The van der Waals surface area contributed by atoms with E-state index in [-0.39, 0.29) is 5.91 Å². The van der Waals surface area contributed by atoms with Gasteiger partial charge in [0.2, 0.25) is 5.91 Å². The van der Waals surface area contributed by atoms with Crippen LogP contribution in [0, 0.1) is 0 Å². The van der Waals surface area contributed by atoms with E-state index in [1.165, 1.54) is 0 Å². The Kier molecular flexibility index (Phi) is 6.95. The Labute approximate surface area is 170 Å². The third-order valence-electron chi connectivity index (χ3n) is 4.74. The van der Waals surface area contributed by atoms with Crippen LogP contribution in [0.2, 0.25) is 5.02 Å². The number of nitrogens with one attached hydrogen (secondary N) is 1. The minimum Gasteiger partial charge on any atom is -0.487 e. The molecular formula is C22H26ClN3O2. The highest BCUT2D eigenvalue weighted by molar-refractivity contribution is 6.30. The zero-order chi connectivity index (χ0) is 19.9. The summed E-state index contributed by atoms with van der Waals surface area (Å²) in [4.78, 5) is 12.5. The second-order valence-electron chi connectivity index (χ2n) is 6.60. The van der Waals surface area contributed by atoms with E-state index in [9.17, 15) is 4.79 Å². The van der Waals surface area contributed by atoms with E-state index < -0.39 is 0 Å². The number of hydrogen-bond donors (Lipinski definition) is 2. The lowest BCUT2D eigenvalue weighted by Crippen LogP contribution is -2.27. The zero-order valence-electron chi connectivity index (χ0n) is 16.1. The van der Waals surface area contributed by atoms with Crippen molar-refractivity contribution >= 4 is 28.4 Å². The summed E-state index contributed by atoms with van der Waals surface area (Å²) in [6, 6.07) is 15.5. The number of nitrogens with zero attached hydrogens (tertiary/aromatic N) is 1. The lowest BCUT2D eigenvalue weighted by Gasteiger charge is -2.12. The smallest absolute Gasteiger partial charge is 0.224 e. The van der Waals surface area contributed by atoms with E-state index in [4.69, 9.17) is 22.1 Å². The van der Waals surface area contributed by atoms with Gasteiger partial charge in [-0.2, -0.15) is 0 Å². The number of aryl methyl sites for hydroxylation is 1. The number of carbonyl (C=O) groups excluding carboxylic acids is 1. The highest BCUT2D eigenvalue weighted by atomic mass is 35.5. The number of carbonyl (C=O) groups is 1. The third-order valence-corrected chi connectivity index (χ3v) is 4.99. The number of para-hydroxylation sites is 1. The van der Waals surface area contributed by atoms with E-state index in [1.54, 1.807) is 12.1 Å². The number of ether oxygens (including phenoxy) is 1. The van der Waals surface area contributed by atoms with Gasteiger partial charge in [0.25, 0.3) is 0 Å². The number of rotatable bonds is 9. The second kappa shape index (κ2) is 9.62. The van der Waals surface area contributed by atoms with Crippen LogP contribution < -0.4 is 15.8 Å². The molecule has 0 spiro atoms. The molecule has 1 amide bonds. The van der Waals surface area contributed by atoms with Gasteiger partial charge in [-0.05, 0) is 55.8 Å². The number of nitrogens with two attached hydrogens (primary N) is 1. The lowest BCUT2D eigenvalue weighted by atomic mass is 10.1. The van der Waals surface area contributed by atoms with Crippen molar-refractivity contribution in [3.8, 4) is 5.75 Å². The Hall–Kier alpha value is -2.50. The molecule has 6 heteroatoms. The van der Waals surface area contributed by atoms with Crippen LogP contribution in [0.15, 0.2) is 48.5 Å². The molecule has 0 bridgehead atoms. The Balaban J connectivity index is 1.89. The Morgan fingerprint density at radius 3 is 2.64 bits per heavy atom. The Morgan fingerprint density at radius 2 is 1.93 bits per heavy atom. The van der Waals surface area contributed by atoms with Gasteiger partial charge in [0.05, 0.1) is 12.1 Å². The predicted molar refractivity (Wildman–Crippen MR) is 114 cm³/mol. The van der Waals surface area contributed by atoms with Gasteiger partial charge in [-0.1, -0.05) is 29.8 Å². The van der Waals surface area contributed by atoms with Crippen LogP contribution >= 0.6 is 11.6 Å². The van der Waals surface area contributed by atoms with Gasteiger partial charge < -0.3 is 20.4 Å². The van der Waals surface area contributed by atoms with E-state index in [1.807, 2.05) is 24.3 Å². The summed E-state index contributed by atoms with van der Waals surface area (Å²) in [7, 11) is 0. The first-order valence-corrected chi connectivity index (χ1v) is 9.96. The maximum atomic E-state index is 12.5. The van der Waals surface area contributed by atoms with Crippen molar-refractivity contribution in [2.45, 2.75) is 32.9 Å². The largest absolute Gasteiger partial charge is 0.487 e. The van der Waals surface area contributed by atoms with Gasteiger partial charge in [-0.15, -0.1) is 0 Å². The Bertz CT molecular complexity index is 935. The molecule has 0 saturated carbocycles. The number of benzene rings is 2. The molecule has 5 nitrogen and oxygen atoms in total. The minimum atomic E-state index is 0.000184. The van der Waals surface area contributed by atoms with E-state index in [2.05, 4.69) is 28.9 Å². The van der Waals surface area contributed by atoms with Crippen molar-refractivity contribution in [3.63, 3.8) is 0 Å². The van der Waals surface area contributed by atoms with E-state index >= 15 is 0 Å². The first-order valence-electron chi connectivity index (χ1n) is 9.58. The van der Waals surface area contributed by atoms with Gasteiger partial charge >= 0.3 is 0 Å². The van der Waals surface area contributed by atoms with Crippen molar-refractivity contribution in [3.05, 3.63) is 64.8 Å². The van der Waals surface area contributed by atoms with Crippen LogP contribution in [-0.2, 0) is 24.4 Å². The number of fused-ring (bicyclic) bond motifs is 1. The monoisotopic (exact) mass is 399 g/mol. The normalized spacial score (nSPS) is 11.0. The summed E-state index contributed by atoms with van der Waals surface area (Å²) in [6.45, 7) is 4.45. The molecule has 3 aromatic rings. The van der Waals surface area contributed by atoms with Gasteiger partial charge in [0.1, 0.15) is 12.4 Å². The molecule has 3 rings (SSSR count). The highest BCUT2D eigenvalue weighted by Crippen LogP contribution is 2.28. The summed E-state index contributed by atoms with van der Waals surface area (Å²) in [5.74, 6) is 0.746. The lowest BCUT2D eigenvalue weighted by molar-refractivity contribution is -0.120. The maximum Gasteiger partial charge on any atom is 0.224 e. The molecular weight excluding hydrogens is 374 g/mol. The number of halogens is 1. The summed E-state index contributed by atoms with van der Waals surface area (Å²) >= 11 is 5.95. The van der Waals surface area contributed by atoms with Crippen molar-refractivity contribution in [1.82, 2.24) is 9.88 Å². The quantitative estimate of drug-likeness (QED) is 0.536. The molecule has 2 aromatic carbocycles. The molecule has 0 unspecified atom stereocenters. The van der Waals surface area contributed by atoms with E-state index in [0.717, 1.165) is 40.9 Å². The molecule has 0 saturated heterocycles. The molecule has 0 fully saturated rings. The topological polar surface area (TPSA) is 69.3 Å². The average Bonchev–Trinajstić information content (AvgIpc) is 3.00. The standard InChI is InChI=1S/C22H26ClN3O2/c1-2-26-20-7-4-3-6-18(20)19(14-22(27)25-13-5-12-24)21(26)15-28-17-10-8-16(23)9-11-17/h3-4,6-11H,2,5,12-15,24H2,1H3,(H,25,27). The molecule has 148 valence electrons. The van der Waals surface area contributed by atoms with Gasteiger partial charge in [-0.3, -0.25) is 4.79 Å². The van der Waals surface area contributed by atoms with Crippen LogP contribution in [0.25, 0.3) is 10.9 Å². The van der Waals surface area contributed by atoms with Crippen molar-refractivity contribution in [2.24, 2.45) is 5.73 Å². The predicted octanol–water partition coefficient (Wildman–Crippen LogP) is 3.90. The van der Waals surface area contributed by atoms with Crippen LogP contribution in [0.5, 0.6) is 5.75 Å². The van der Waals surface area contributed by atoms with Gasteiger partial charge in [0, 0.05) is 29.0 Å². The molecule has 0 aliphatic heterocycles. The second-order valence-corrected chi connectivity index (χ2v) is 7.03. The fourth-order valence-corrected chi connectivity index (χ4v) is 3.51. The van der Waals surface area contributed by atoms with Crippen LogP contribution in [0.1, 0.15) is 24.6 Å². The molecule has 0 atom stereocenters. The Morgan fingerprint density at radius 1 is 1.18 bits per heavy atom. The highest BCUT2D eigenvalue weighted by Gasteiger charge is 2.19. The first-order chi connectivity index (χ1) is 13.6. The van der Waals surface area contributed by atoms with E-state index in [0.29, 0.717) is 31.1 Å². The number of amides is 1. The molecule has 28 heavy (non-hydrogen) atoms. The summed E-state index contributed by atoms with van der Waals surface area (Å²) in [5, 5.41) is 4.71. The molecule has 3 N–H and O–H groups in total. The van der Waals surface area contributed by atoms with Crippen molar-refractivity contribution in [2.75, 3.05) is 13.1 Å². The molecule has 0 radical (unpaired) electrons. The average molecular weight is 400 g/mol. The summed E-state index contributed by atoms with van der Waals surface area (Å²) in [6.07, 6.45) is 1.09. The maximum absolute atomic E-state index is 12.5. The van der Waals surface area contributed by atoms with Gasteiger partial charge in [0.15, 0.2) is 0 Å². The molecule has 1 heterocycles. The molecule has 0 aliphatic carbocycles. The number of hydrogen-bond acceptors (Lipinski definition) is 3. The van der Waals surface area contributed by atoms with Crippen LogP contribution in [-0.4, -0.2) is 23.6 Å².